The Morgan fingerprint density at radius 3 is 2.29 bits per heavy atom. The van der Waals surface area contributed by atoms with Crippen molar-refractivity contribution in [1.82, 2.24) is 0 Å². The molecule has 1 aromatic heterocycles. The standard InChI is InChI=1S/C18H14Cl2O3S/c1-9-6-12(7-10(2)15(9)19)23-18(21)17-16(20)13-8-11(22-3)4-5-14(13)24-17/h4-8H,1-3H3. The van der Waals surface area contributed by atoms with E-state index in [1.807, 2.05) is 32.0 Å². The summed E-state index contributed by atoms with van der Waals surface area (Å²) in [6.45, 7) is 3.73. The first-order chi connectivity index (χ1) is 11.4. The number of ether oxygens (including phenoxy) is 2. The molecule has 0 atom stereocenters. The van der Waals surface area contributed by atoms with E-state index in [0.717, 1.165) is 21.2 Å². The van der Waals surface area contributed by atoms with Gasteiger partial charge < -0.3 is 9.47 Å². The van der Waals surface area contributed by atoms with Gasteiger partial charge in [0.25, 0.3) is 0 Å². The second-order valence-corrected chi connectivity index (χ2v) is 7.18. The smallest absolute Gasteiger partial charge is 0.355 e. The van der Waals surface area contributed by atoms with E-state index in [1.165, 1.54) is 11.3 Å². The Bertz CT molecular complexity index is 924. The van der Waals surface area contributed by atoms with Crippen LogP contribution in [0.5, 0.6) is 11.5 Å². The number of esters is 1. The molecule has 0 saturated heterocycles. The van der Waals surface area contributed by atoms with Crippen molar-refractivity contribution in [2.24, 2.45) is 0 Å². The summed E-state index contributed by atoms with van der Waals surface area (Å²) in [6.07, 6.45) is 0. The number of carbonyl (C=O) groups excluding carboxylic acids is 1. The average molecular weight is 381 g/mol. The largest absolute Gasteiger partial charge is 0.497 e. The van der Waals surface area contributed by atoms with Crippen molar-refractivity contribution in [3.8, 4) is 11.5 Å². The monoisotopic (exact) mass is 380 g/mol. The second kappa shape index (κ2) is 6.63. The van der Waals surface area contributed by atoms with Gasteiger partial charge in [0.2, 0.25) is 0 Å². The third-order valence-electron chi connectivity index (χ3n) is 3.64. The van der Waals surface area contributed by atoms with Gasteiger partial charge in [-0.1, -0.05) is 23.2 Å². The maximum absolute atomic E-state index is 12.5. The van der Waals surface area contributed by atoms with E-state index >= 15 is 0 Å². The van der Waals surface area contributed by atoms with Crippen molar-refractivity contribution in [3.05, 3.63) is 56.4 Å². The van der Waals surface area contributed by atoms with Crippen LogP contribution in [0.25, 0.3) is 10.1 Å². The highest BCUT2D eigenvalue weighted by molar-refractivity contribution is 7.21. The highest BCUT2D eigenvalue weighted by Gasteiger charge is 2.20. The van der Waals surface area contributed by atoms with Crippen molar-refractivity contribution in [2.45, 2.75) is 13.8 Å². The maximum atomic E-state index is 12.5. The normalized spacial score (nSPS) is 10.9. The summed E-state index contributed by atoms with van der Waals surface area (Å²) in [5.41, 5.74) is 1.71. The van der Waals surface area contributed by atoms with Crippen LogP contribution in [-0.2, 0) is 0 Å². The number of aryl methyl sites for hydroxylation is 2. The van der Waals surface area contributed by atoms with Gasteiger partial charge in [0.15, 0.2) is 0 Å². The topological polar surface area (TPSA) is 35.5 Å². The molecule has 0 radical (unpaired) electrons. The third-order valence-corrected chi connectivity index (χ3v) is 5.89. The molecule has 3 nitrogen and oxygen atoms in total. The van der Waals surface area contributed by atoms with Crippen LogP contribution in [0.1, 0.15) is 20.8 Å². The average Bonchev–Trinajstić information content (AvgIpc) is 2.89. The summed E-state index contributed by atoms with van der Waals surface area (Å²) < 4.78 is 11.6. The van der Waals surface area contributed by atoms with Crippen molar-refractivity contribution in [1.29, 1.82) is 0 Å². The van der Waals surface area contributed by atoms with Crippen LogP contribution in [-0.4, -0.2) is 13.1 Å². The van der Waals surface area contributed by atoms with E-state index in [-0.39, 0.29) is 0 Å². The number of carbonyl (C=O) groups is 1. The van der Waals surface area contributed by atoms with Crippen LogP contribution in [0.4, 0.5) is 0 Å². The van der Waals surface area contributed by atoms with Crippen molar-refractivity contribution in [3.63, 3.8) is 0 Å². The molecule has 0 bridgehead atoms. The van der Waals surface area contributed by atoms with Crippen LogP contribution in [0.15, 0.2) is 30.3 Å². The van der Waals surface area contributed by atoms with Gasteiger partial charge in [-0.05, 0) is 55.3 Å². The van der Waals surface area contributed by atoms with Gasteiger partial charge >= 0.3 is 5.97 Å². The molecule has 1 heterocycles. The highest BCUT2D eigenvalue weighted by atomic mass is 35.5. The first-order valence-electron chi connectivity index (χ1n) is 7.15. The van der Waals surface area contributed by atoms with Crippen molar-refractivity contribution in [2.75, 3.05) is 7.11 Å². The molecule has 2 aromatic carbocycles. The molecule has 0 amide bonds. The molecular weight excluding hydrogens is 367 g/mol. The number of hydrogen-bond donors (Lipinski definition) is 0. The Balaban J connectivity index is 1.96. The highest BCUT2D eigenvalue weighted by Crippen LogP contribution is 2.38. The number of thiophene rings is 1. The van der Waals surface area contributed by atoms with Gasteiger partial charge in [-0.2, -0.15) is 0 Å². The maximum Gasteiger partial charge on any atom is 0.355 e. The zero-order chi connectivity index (χ0) is 17.4. The first kappa shape index (κ1) is 17.1. The number of rotatable bonds is 3. The van der Waals surface area contributed by atoms with Gasteiger partial charge in [0.05, 0.1) is 12.1 Å². The molecule has 0 N–H and O–H groups in total. The Hall–Kier alpha value is -1.75. The number of hydrogen-bond acceptors (Lipinski definition) is 4. The quantitative estimate of drug-likeness (QED) is 0.409. The van der Waals surface area contributed by atoms with E-state index in [2.05, 4.69) is 0 Å². The lowest BCUT2D eigenvalue weighted by Gasteiger charge is -2.08. The number of benzene rings is 2. The number of halogens is 2. The number of methoxy groups -OCH3 is 1. The summed E-state index contributed by atoms with van der Waals surface area (Å²) in [7, 11) is 1.59. The van der Waals surface area contributed by atoms with Gasteiger partial charge in [-0.25, -0.2) is 4.79 Å². The summed E-state index contributed by atoms with van der Waals surface area (Å²) in [4.78, 5) is 12.9. The van der Waals surface area contributed by atoms with E-state index in [1.54, 1.807) is 19.2 Å². The summed E-state index contributed by atoms with van der Waals surface area (Å²) in [5, 5.41) is 1.82. The molecule has 0 fully saturated rings. The van der Waals surface area contributed by atoms with Crippen molar-refractivity contribution < 1.29 is 14.3 Å². The van der Waals surface area contributed by atoms with Gasteiger partial charge in [0, 0.05) is 15.1 Å². The van der Waals surface area contributed by atoms with E-state index in [4.69, 9.17) is 32.7 Å². The van der Waals surface area contributed by atoms with Crippen LogP contribution < -0.4 is 9.47 Å². The minimum absolute atomic E-state index is 0.366. The molecule has 6 heteroatoms. The Morgan fingerprint density at radius 1 is 1.00 bits per heavy atom. The summed E-state index contributed by atoms with van der Waals surface area (Å²) in [6, 6.07) is 8.98. The SMILES string of the molecule is COc1ccc2sc(C(=O)Oc3cc(C)c(Cl)c(C)c3)c(Cl)c2c1. The van der Waals surface area contributed by atoms with E-state index in [0.29, 0.717) is 26.4 Å². The van der Waals surface area contributed by atoms with Gasteiger partial charge in [-0.15, -0.1) is 11.3 Å². The molecule has 124 valence electrons. The fraction of sp³-hybridized carbons (Fsp3) is 0.167. The minimum Gasteiger partial charge on any atom is -0.497 e. The van der Waals surface area contributed by atoms with Gasteiger partial charge in [0.1, 0.15) is 16.4 Å². The molecule has 0 aliphatic rings. The molecular formula is C18H14Cl2O3S. The van der Waals surface area contributed by atoms with E-state index < -0.39 is 5.97 Å². The molecule has 24 heavy (non-hydrogen) atoms. The molecule has 3 aromatic rings. The Morgan fingerprint density at radius 2 is 1.67 bits per heavy atom. The molecule has 0 unspecified atom stereocenters. The lowest BCUT2D eigenvalue weighted by molar-refractivity contribution is 0.0740. The van der Waals surface area contributed by atoms with Gasteiger partial charge in [-0.3, -0.25) is 0 Å². The second-order valence-electron chi connectivity index (χ2n) is 5.37. The summed E-state index contributed by atoms with van der Waals surface area (Å²) in [5.74, 6) is 0.651. The fourth-order valence-corrected chi connectivity index (χ4v) is 3.89. The Kier molecular flexibility index (Phi) is 4.72. The Labute approximate surface area is 153 Å². The molecule has 0 aliphatic carbocycles. The third kappa shape index (κ3) is 3.09. The van der Waals surface area contributed by atoms with Crippen molar-refractivity contribution >= 4 is 50.6 Å². The van der Waals surface area contributed by atoms with Crippen LogP contribution in [0, 0.1) is 13.8 Å². The fourth-order valence-electron chi connectivity index (χ4n) is 2.42. The first-order valence-corrected chi connectivity index (χ1v) is 8.73. The lowest BCUT2D eigenvalue weighted by atomic mass is 10.1. The van der Waals surface area contributed by atoms with E-state index in [9.17, 15) is 4.79 Å². The zero-order valence-corrected chi connectivity index (χ0v) is 15.6. The molecule has 0 spiro atoms. The summed E-state index contributed by atoms with van der Waals surface area (Å²) >= 11 is 13.8. The predicted molar refractivity (Wildman–Crippen MR) is 99.3 cm³/mol. The predicted octanol–water partition coefficient (Wildman–Crippen LogP) is 6.05. The van der Waals surface area contributed by atoms with Crippen LogP contribution in [0.2, 0.25) is 10.0 Å². The molecule has 3 rings (SSSR count). The van der Waals surface area contributed by atoms with Crippen LogP contribution in [0.3, 0.4) is 0 Å². The minimum atomic E-state index is -0.485. The lowest BCUT2D eigenvalue weighted by Crippen LogP contribution is -2.07. The molecule has 0 aliphatic heterocycles. The molecule has 0 saturated carbocycles. The van der Waals surface area contributed by atoms with Crippen LogP contribution >= 0.6 is 34.5 Å². The zero-order valence-electron chi connectivity index (χ0n) is 13.3. The number of fused-ring (bicyclic) bond motifs is 1.